The van der Waals surface area contributed by atoms with Gasteiger partial charge in [0.15, 0.2) is 0 Å². The van der Waals surface area contributed by atoms with Gasteiger partial charge in [-0.2, -0.15) is 8.42 Å². The Morgan fingerprint density at radius 2 is 1.83 bits per heavy atom. The second kappa shape index (κ2) is 8.17. The van der Waals surface area contributed by atoms with Gasteiger partial charge >= 0.3 is 0 Å². The highest BCUT2D eigenvalue weighted by Gasteiger charge is 2.12. The van der Waals surface area contributed by atoms with Gasteiger partial charge < -0.3 is 9.84 Å². The molecule has 2 aromatic rings. The van der Waals surface area contributed by atoms with E-state index in [0.29, 0.717) is 5.75 Å². The van der Waals surface area contributed by atoms with Crippen molar-refractivity contribution in [3.05, 3.63) is 48.0 Å². The van der Waals surface area contributed by atoms with Crippen LogP contribution in [0.4, 0.5) is 0 Å². The number of hydrogen-bond acceptors (Lipinski definition) is 4. The van der Waals surface area contributed by atoms with E-state index >= 15 is 0 Å². The van der Waals surface area contributed by atoms with Gasteiger partial charge in [-0.1, -0.05) is 38.3 Å². The zero-order valence-corrected chi connectivity index (χ0v) is 14.4. The highest BCUT2D eigenvalue weighted by atomic mass is 32.2. The maximum Gasteiger partial charge on any atom is 0.294 e. The van der Waals surface area contributed by atoms with E-state index < -0.39 is 10.1 Å². The van der Waals surface area contributed by atoms with Crippen molar-refractivity contribution in [2.75, 3.05) is 0 Å². The lowest BCUT2D eigenvalue weighted by Gasteiger charge is -2.12. The number of aromatic hydroxyl groups is 1. The third kappa shape index (κ3) is 5.25. The lowest BCUT2D eigenvalue weighted by atomic mass is 10.1. The van der Waals surface area contributed by atoms with E-state index in [0.717, 1.165) is 31.2 Å². The molecule has 0 unspecified atom stereocenters. The summed E-state index contributed by atoms with van der Waals surface area (Å²) in [4.78, 5) is -0.232. The average Bonchev–Trinajstić information content (AvgIpc) is 2.53. The fourth-order valence-corrected chi connectivity index (χ4v) is 2.93. The Morgan fingerprint density at radius 1 is 1.04 bits per heavy atom. The Bertz CT molecular complexity index is 784. The Labute approximate surface area is 142 Å². The Kier molecular flexibility index (Phi) is 6.23. The topological polar surface area (TPSA) is 83.8 Å². The number of ether oxygens (including phenoxy) is 1. The minimum atomic E-state index is -4.29. The fourth-order valence-electron chi connectivity index (χ4n) is 2.41. The van der Waals surface area contributed by atoms with Crippen LogP contribution in [0.1, 0.15) is 38.2 Å². The normalized spacial score (nSPS) is 11.4. The van der Waals surface area contributed by atoms with Crippen LogP contribution in [0.5, 0.6) is 17.2 Å². The van der Waals surface area contributed by atoms with Crippen LogP contribution in [0, 0.1) is 0 Å². The quantitative estimate of drug-likeness (QED) is 0.539. The molecule has 0 bridgehead atoms. The summed E-state index contributed by atoms with van der Waals surface area (Å²) in [6, 6.07) is 10.5. The fraction of sp³-hybridized carbons (Fsp3) is 0.333. The summed E-state index contributed by atoms with van der Waals surface area (Å²) < 4.78 is 37.3. The van der Waals surface area contributed by atoms with Crippen LogP contribution in [0.25, 0.3) is 0 Å². The Hall–Kier alpha value is -2.05. The molecule has 2 N–H and O–H groups in total. The first kappa shape index (κ1) is 18.3. The standard InChI is InChI=1S/C18H22O5S/c1-2-3-4-5-7-14-10-11-15(19)12-18(14)23-16-8-6-9-17(13-16)24(20,21)22/h6,8-13,19H,2-5,7H2,1H3,(H,20,21,22). The molecule has 0 spiro atoms. The summed E-state index contributed by atoms with van der Waals surface area (Å²) in [5.41, 5.74) is 0.946. The van der Waals surface area contributed by atoms with Crippen molar-refractivity contribution < 1.29 is 22.8 Å². The number of hydrogen-bond donors (Lipinski definition) is 2. The van der Waals surface area contributed by atoms with E-state index in [1.165, 1.54) is 30.7 Å². The molecule has 0 radical (unpaired) electrons. The molecular weight excluding hydrogens is 328 g/mol. The summed E-state index contributed by atoms with van der Waals surface area (Å²) in [7, 11) is -4.29. The number of rotatable bonds is 8. The maximum atomic E-state index is 11.2. The van der Waals surface area contributed by atoms with Gasteiger partial charge in [-0.3, -0.25) is 4.55 Å². The SMILES string of the molecule is CCCCCCc1ccc(O)cc1Oc1cccc(S(=O)(=O)O)c1. The van der Waals surface area contributed by atoms with E-state index in [1.807, 2.05) is 6.07 Å². The monoisotopic (exact) mass is 350 g/mol. The lowest BCUT2D eigenvalue weighted by molar-refractivity contribution is 0.448. The molecule has 2 rings (SSSR count). The number of phenols is 1. The molecule has 2 aromatic carbocycles. The van der Waals surface area contributed by atoms with Crippen LogP contribution >= 0.6 is 0 Å². The van der Waals surface area contributed by atoms with Gasteiger partial charge in [-0.15, -0.1) is 0 Å². The van der Waals surface area contributed by atoms with Gasteiger partial charge in [0.2, 0.25) is 0 Å². The Balaban J connectivity index is 2.21. The second-order valence-corrected chi connectivity index (χ2v) is 7.08. The molecule has 0 atom stereocenters. The number of benzene rings is 2. The van der Waals surface area contributed by atoms with E-state index in [-0.39, 0.29) is 16.4 Å². The summed E-state index contributed by atoms with van der Waals surface area (Å²) in [6.07, 6.45) is 5.27. The molecule has 0 amide bonds. The molecule has 0 aliphatic carbocycles. The first-order chi connectivity index (χ1) is 11.4. The summed E-state index contributed by atoms with van der Waals surface area (Å²) in [5.74, 6) is 0.845. The van der Waals surface area contributed by atoms with Gasteiger partial charge in [0, 0.05) is 12.1 Å². The van der Waals surface area contributed by atoms with E-state index in [4.69, 9.17) is 9.29 Å². The number of aryl methyl sites for hydroxylation is 1. The third-order valence-electron chi connectivity index (χ3n) is 3.68. The number of unbranched alkanes of at least 4 members (excludes halogenated alkanes) is 3. The first-order valence-electron chi connectivity index (χ1n) is 7.97. The maximum absolute atomic E-state index is 11.2. The molecule has 0 heterocycles. The van der Waals surface area contributed by atoms with Crippen LogP contribution in [-0.2, 0) is 16.5 Å². The lowest BCUT2D eigenvalue weighted by Crippen LogP contribution is -1.98. The van der Waals surface area contributed by atoms with Crippen LogP contribution < -0.4 is 4.74 Å². The molecule has 0 saturated carbocycles. The molecule has 24 heavy (non-hydrogen) atoms. The van der Waals surface area contributed by atoms with Crippen molar-refractivity contribution >= 4 is 10.1 Å². The van der Waals surface area contributed by atoms with Gasteiger partial charge in [-0.05, 0) is 36.6 Å². The van der Waals surface area contributed by atoms with Crippen LogP contribution in [0.15, 0.2) is 47.4 Å². The zero-order valence-electron chi connectivity index (χ0n) is 13.6. The van der Waals surface area contributed by atoms with Crippen molar-refractivity contribution in [2.24, 2.45) is 0 Å². The molecule has 130 valence electrons. The first-order valence-corrected chi connectivity index (χ1v) is 9.41. The van der Waals surface area contributed by atoms with E-state index in [9.17, 15) is 13.5 Å². The second-order valence-electron chi connectivity index (χ2n) is 5.65. The smallest absolute Gasteiger partial charge is 0.294 e. The van der Waals surface area contributed by atoms with Crippen molar-refractivity contribution in [3.63, 3.8) is 0 Å². The minimum Gasteiger partial charge on any atom is -0.508 e. The Morgan fingerprint density at radius 3 is 2.54 bits per heavy atom. The van der Waals surface area contributed by atoms with Crippen LogP contribution in [0.3, 0.4) is 0 Å². The van der Waals surface area contributed by atoms with Gasteiger partial charge in [0.25, 0.3) is 10.1 Å². The van der Waals surface area contributed by atoms with Gasteiger partial charge in [0.1, 0.15) is 17.2 Å². The third-order valence-corrected chi connectivity index (χ3v) is 4.53. The highest BCUT2D eigenvalue weighted by molar-refractivity contribution is 7.85. The van der Waals surface area contributed by atoms with Crippen molar-refractivity contribution in [2.45, 2.75) is 43.9 Å². The van der Waals surface area contributed by atoms with Crippen molar-refractivity contribution in [3.8, 4) is 17.2 Å². The van der Waals surface area contributed by atoms with Gasteiger partial charge in [0.05, 0.1) is 4.90 Å². The average molecular weight is 350 g/mol. The minimum absolute atomic E-state index is 0.0771. The molecule has 0 aliphatic rings. The summed E-state index contributed by atoms with van der Waals surface area (Å²) in [5, 5.41) is 9.69. The predicted octanol–water partition coefficient (Wildman–Crippen LogP) is 4.55. The molecule has 6 heteroatoms. The molecule has 0 fully saturated rings. The summed E-state index contributed by atoms with van der Waals surface area (Å²) in [6.45, 7) is 2.15. The van der Waals surface area contributed by atoms with Crippen LogP contribution in [-0.4, -0.2) is 18.1 Å². The van der Waals surface area contributed by atoms with Gasteiger partial charge in [-0.25, -0.2) is 0 Å². The predicted molar refractivity (Wildman–Crippen MR) is 92.3 cm³/mol. The largest absolute Gasteiger partial charge is 0.508 e. The molecule has 0 aliphatic heterocycles. The van der Waals surface area contributed by atoms with Crippen molar-refractivity contribution in [1.29, 1.82) is 0 Å². The zero-order chi connectivity index (χ0) is 17.6. The molecule has 0 saturated heterocycles. The van der Waals surface area contributed by atoms with E-state index in [2.05, 4.69) is 6.92 Å². The highest BCUT2D eigenvalue weighted by Crippen LogP contribution is 2.31. The summed E-state index contributed by atoms with van der Waals surface area (Å²) >= 11 is 0. The number of phenolic OH excluding ortho intramolecular Hbond substituents is 1. The molecular formula is C18H22O5S. The van der Waals surface area contributed by atoms with E-state index in [1.54, 1.807) is 12.1 Å². The van der Waals surface area contributed by atoms with Crippen LogP contribution in [0.2, 0.25) is 0 Å². The van der Waals surface area contributed by atoms with Crippen molar-refractivity contribution in [1.82, 2.24) is 0 Å². The molecule has 0 aromatic heterocycles. The molecule has 5 nitrogen and oxygen atoms in total.